The number of hydrogen-bond donors (Lipinski definition) is 0. The molecule has 2 amide bonds. The van der Waals surface area contributed by atoms with Crippen LogP contribution in [0.3, 0.4) is 0 Å². The van der Waals surface area contributed by atoms with Crippen LogP contribution in [0.4, 0.5) is 0 Å². The average molecular weight is 227 g/mol. The molecule has 0 spiro atoms. The van der Waals surface area contributed by atoms with Gasteiger partial charge in [0, 0.05) is 0 Å². The van der Waals surface area contributed by atoms with Crippen LogP contribution in [0.15, 0.2) is 36.4 Å². The Morgan fingerprint density at radius 1 is 1.06 bits per heavy atom. The van der Waals surface area contributed by atoms with Crippen LogP contribution in [0, 0.1) is 0 Å². The van der Waals surface area contributed by atoms with Gasteiger partial charge in [0.15, 0.2) is 0 Å². The van der Waals surface area contributed by atoms with Crippen LogP contribution in [0.25, 0.3) is 0 Å². The van der Waals surface area contributed by atoms with Crippen molar-refractivity contribution in [3.8, 4) is 0 Å². The molecule has 3 heteroatoms. The highest BCUT2D eigenvalue weighted by molar-refractivity contribution is 6.21. The van der Waals surface area contributed by atoms with Gasteiger partial charge in [0.2, 0.25) is 0 Å². The first-order chi connectivity index (χ1) is 8.29. The molecule has 0 fully saturated rings. The van der Waals surface area contributed by atoms with E-state index < -0.39 is 0 Å². The quantitative estimate of drug-likeness (QED) is 0.545. The molecule has 17 heavy (non-hydrogen) atoms. The Morgan fingerprint density at radius 3 is 2.24 bits per heavy atom. The van der Waals surface area contributed by atoms with Crippen molar-refractivity contribution in [1.82, 2.24) is 4.90 Å². The van der Waals surface area contributed by atoms with Gasteiger partial charge in [-0.25, -0.2) is 0 Å². The van der Waals surface area contributed by atoms with Crippen molar-refractivity contribution in [3.05, 3.63) is 47.5 Å². The van der Waals surface area contributed by atoms with Gasteiger partial charge in [-0.3, -0.25) is 14.5 Å². The van der Waals surface area contributed by atoms with Gasteiger partial charge in [-0.05, 0) is 31.4 Å². The smallest absolute Gasteiger partial charge is 0.262 e. The van der Waals surface area contributed by atoms with Crippen LogP contribution in [0.5, 0.6) is 0 Å². The maximum Gasteiger partial charge on any atom is 0.262 e. The van der Waals surface area contributed by atoms with Crippen LogP contribution in [-0.2, 0) is 0 Å². The van der Waals surface area contributed by atoms with Crippen molar-refractivity contribution in [1.29, 1.82) is 0 Å². The molecule has 0 radical (unpaired) electrons. The van der Waals surface area contributed by atoms with E-state index in [4.69, 9.17) is 0 Å². The minimum atomic E-state index is -0.151. The molecule has 0 aromatic heterocycles. The van der Waals surface area contributed by atoms with Crippen molar-refractivity contribution in [2.75, 3.05) is 0 Å². The van der Waals surface area contributed by atoms with E-state index in [1.807, 2.05) is 6.08 Å². The fraction of sp³-hybridized carbons (Fsp3) is 0.286. The Hall–Kier alpha value is -1.90. The lowest BCUT2D eigenvalue weighted by atomic mass is 10.0. The number of fused-ring (bicyclic) bond motifs is 1. The molecule has 1 heterocycles. The summed E-state index contributed by atoms with van der Waals surface area (Å²) in [5.41, 5.74) is 1.08. The van der Waals surface area contributed by atoms with Gasteiger partial charge >= 0.3 is 0 Å². The number of imide groups is 1. The van der Waals surface area contributed by atoms with Crippen molar-refractivity contribution >= 4 is 11.8 Å². The van der Waals surface area contributed by atoms with E-state index in [0.29, 0.717) is 11.1 Å². The third kappa shape index (κ3) is 1.50. The highest BCUT2D eigenvalue weighted by Crippen LogP contribution is 2.28. The lowest BCUT2D eigenvalue weighted by Gasteiger charge is -2.25. The number of carbonyl (C=O) groups excluding carboxylic acids is 2. The van der Waals surface area contributed by atoms with E-state index in [-0.39, 0.29) is 17.9 Å². The molecule has 0 saturated heterocycles. The van der Waals surface area contributed by atoms with Crippen LogP contribution in [-0.4, -0.2) is 22.8 Å². The maximum absolute atomic E-state index is 12.2. The molecule has 1 atom stereocenters. The van der Waals surface area contributed by atoms with Gasteiger partial charge in [-0.15, -0.1) is 0 Å². The highest BCUT2D eigenvalue weighted by atomic mass is 16.2. The van der Waals surface area contributed by atoms with Crippen LogP contribution in [0.1, 0.15) is 40.0 Å². The zero-order chi connectivity index (χ0) is 11.8. The lowest BCUT2D eigenvalue weighted by Crippen LogP contribution is -2.39. The second-order valence-corrected chi connectivity index (χ2v) is 4.45. The molecule has 0 bridgehead atoms. The first-order valence-corrected chi connectivity index (χ1v) is 5.92. The maximum atomic E-state index is 12.2. The first kappa shape index (κ1) is 10.3. The predicted molar refractivity (Wildman–Crippen MR) is 63.7 cm³/mol. The zero-order valence-electron chi connectivity index (χ0n) is 9.43. The van der Waals surface area contributed by atoms with E-state index in [9.17, 15) is 9.59 Å². The van der Waals surface area contributed by atoms with E-state index in [1.54, 1.807) is 24.3 Å². The summed E-state index contributed by atoms with van der Waals surface area (Å²) in [4.78, 5) is 25.8. The Balaban J connectivity index is 2.00. The molecule has 86 valence electrons. The molecule has 1 aliphatic carbocycles. The Morgan fingerprint density at radius 2 is 1.71 bits per heavy atom. The van der Waals surface area contributed by atoms with Gasteiger partial charge in [0.25, 0.3) is 11.8 Å². The van der Waals surface area contributed by atoms with Crippen LogP contribution in [0.2, 0.25) is 0 Å². The lowest BCUT2D eigenvalue weighted by molar-refractivity contribution is 0.0605. The van der Waals surface area contributed by atoms with E-state index in [1.165, 1.54) is 4.90 Å². The predicted octanol–water partition coefficient (Wildman–Crippen LogP) is 2.39. The molecule has 0 unspecified atom stereocenters. The molecule has 1 aromatic carbocycles. The number of carbonyl (C=O) groups is 2. The summed E-state index contributed by atoms with van der Waals surface area (Å²) >= 11 is 0. The SMILES string of the molecule is O=C1c2ccccc2C(=O)N1[C@H]1C=CCCC1. The third-order valence-corrected chi connectivity index (χ3v) is 3.39. The Kier molecular flexibility index (Phi) is 2.32. The molecule has 3 rings (SSSR count). The van der Waals surface area contributed by atoms with Gasteiger partial charge in [0.1, 0.15) is 0 Å². The van der Waals surface area contributed by atoms with Crippen LogP contribution >= 0.6 is 0 Å². The van der Waals surface area contributed by atoms with E-state index in [2.05, 4.69) is 6.08 Å². The summed E-state index contributed by atoms with van der Waals surface area (Å²) in [6, 6.07) is 6.98. The number of nitrogens with zero attached hydrogens (tertiary/aromatic N) is 1. The standard InChI is InChI=1S/C14H13NO2/c16-13-11-8-4-5-9-12(11)14(17)15(13)10-6-2-1-3-7-10/h2,4-6,8-10H,1,3,7H2/t10-/m0/s1. The second kappa shape index (κ2) is 3.84. The third-order valence-electron chi connectivity index (χ3n) is 3.39. The van der Waals surface area contributed by atoms with Crippen molar-refractivity contribution in [2.24, 2.45) is 0 Å². The summed E-state index contributed by atoms with van der Waals surface area (Å²) in [5.74, 6) is -0.302. The van der Waals surface area contributed by atoms with Gasteiger partial charge in [0.05, 0.1) is 17.2 Å². The molecular formula is C14H13NO2. The summed E-state index contributed by atoms with van der Waals surface area (Å²) in [7, 11) is 0. The minimum Gasteiger partial charge on any atom is -0.269 e. The van der Waals surface area contributed by atoms with Crippen molar-refractivity contribution < 1.29 is 9.59 Å². The molecule has 0 saturated carbocycles. The normalized spacial score (nSPS) is 23.1. The summed E-state index contributed by atoms with van der Waals surface area (Å²) in [6.07, 6.45) is 6.99. The molecule has 1 aromatic rings. The second-order valence-electron chi connectivity index (χ2n) is 4.45. The highest BCUT2D eigenvalue weighted by Gasteiger charge is 2.38. The fourth-order valence-corrected chi connectivity index (χ4v) is 2.52. The van der Waals surface area contributed by atoms with Crippen LogP contribution < -0.4 is 0 Å². The van der Waals surface area contributed by atoms with Gasteiger partial charge in [-0.1, -0.05) is 24.3 Å². The number of rotatable bonds is 1. The summed E-state index contributed by atoms with van der Waals surface area (Å²) < 4.78 is 0. The number of benzene rings is 1. The fourth-order valence-electron chi connectivity index (χ4n) is 2.52. The molecular weight excluding hydrogens is 214 g/mol. The molecule has 3 nitrogen and oxygen atoms in total. The monoisotopic (exact) mass is 227 g/mol. The number of hydrogen-bond acceptors (Lipinski definition) is 2. The van der Waals surface area contributed by atoms with Crippen molar-refractivity contribution in [3.63, 3.8) is 0 Å². The Labute approximate surface area is 99.7 Å². The topological polar surface area (TPSA) is 37.4 Å². The van der Waals surface area contributed by atoms with Gasteiger partial charge in [-0.2, -0.15) is 0 Å². The largest absolute Gasteiger partial charge is 0.269 e. The summed E-state index contributed by atoms with van der Waals surface area (Å²) in [6.45, 7) is 0. The van der Waals surface area contributed by atoms with E-state index in [0.717, 1.165) is 19.3 Å². The Bertz CT molecular complexity index is 484. The molecule has 0 N–H and O–H groups in total. The first-order valence-electron chi connectivity index (χ1n) is 5.92. The number of amides is 2. The summed E-state index contributed by atoms with van der Waals surface area (Å²) in [5, 5.41) is 0. The molecule has 1 aliphatic heterocycles. The van der Waals surface area contributed by atoms with Crippen molar-refractivity contribution in [2.45, 2.75) is 25.3 Å². The zero-order valence-corrected chi connectivity index (χ0v) is 9.43. The molecule has 2 aliphatic rings. The average Bonchev–Trinajstić information content (AvgIpc) is 2.64. The number of allylic oxidation sites excluding steroid dienone is 1. The van der Waals surface area contributed by atoms with E-state index >= 15 is 0 Å². The van der Waals surface area contributed by atoms with Gasteiger partial charge < -0.3 is 0 Å². The minimum absolute atomic E-state index is 0.0591.